The fourth-order valence-electron chi connectivity index (χ4n) is 1.57. The summed E-state index contributed by atoms with van der Waals surface area (Å²) in [6.45, 7) is 1.29. The summed E-state index contributed by atoms with van der Waals surface area (Å²) in [7, 11) is 1.63. The molecule has 0 radical (unpaired) electrons. The van der Waals surface area contributed by atoms with E-state index in [-0.39, 0.29) is 0 Å². The van der Waals surface area contributed by atoms with Crippen molar-refractivity contribution in [3.05, 3.63) is 42.7 Å². The lowest BCUT2D eigenvalue weighted by Gasteiger charge is -2.06. The highest BCUT2D eigenvalue weighted by Crippen LogP contribution is 2.14. The van der Waals surface area contributed by atoms with Crippen LogP contribution in [0, 0.1) is 0 Å². The zero-order valence-corrected chi connectivity index (χ0v) is 10.8. The molecule has 2 rings (SSSR count). The normalized spacial score (nSPS) is 11.3. The Hall–Kier alpha value is -2.50. The van der Waals surface area contributed by atoms with E-state index in [2.05, 4.69) is 15.4 Å². The van der Waals surface area contributed by atoms with E-state index in [4.69, 9.17) is 10.5 Å². The minimum Gasteiger partial charge on any atom is -0.497 e. The van der Waals surface area contributed by atoms with E-state index < -0.39 is 0 Å². The number of rotatable bonds is 5. The zero-order valence-electron chi connectivity index (χ0n) is 10.8. The molecule has 0 spiro atoms. The van der Waals surface area contributed by atoms with E-state index in [9.17, 15) is 0 Å². The molecule has 0 saturated heterocycles. The average molecular weight is 259 g/mol. The van der Waals surface area contributed by atoms with E-state index >= 15 is 0 Å². The SMILES string of the molecule is COc1ccc(NC(N)=NCCn2cccn2)cc1. The topological polar surface area (TPSA) is 77.5 Å². The standard InChI is InChI=1S/C13H17N5O/c1-19-12-5-3-11(4-6-12)17-13(14)15-8-10-18-9-2-7-16-18/h2-7,9H,8,10H2,1H3,(H3,14,15,17). The molecule has 2 aromatic rings. The van der Waals surface area contributed by atoms with E-state index in [1.165, 1.54) is 0 Å². The average Bonchev–Trinajstić information content (AvgIpc) is 2.93. The number of ether oxygens (including phenoxy) is 1. The van der Waals surface area contributed by atoms with Gasteiger partial charge < -0.3 is 15.8 Å². The third-order valence-corrected chi connectivity index (χ3v) is 2.53. The fourth-order valence-corrected chi connectivity index (χ4v) is 1.57. The molecule has 0 fully saturated rings. The fraction of sp³-hybridized carbons (Fsp3) is 0.231. The number of nitrogens with two attached hydrogens (primary N) is 1. The number of hydrogen-bond donors (Lipinski definition) is 2. The summed E-state index contributed by atoms with van der Waals surface area (Å²) >= 11 is 0. The zero-order chi connectivity index (χ0) is 13.5. The maximum Gasteiger partial charge on any atom is 0.193 e. The third kappa shape index (κ3) is 4.02. The van der Waals surface area contributed by atoms with Gasteiger partial charge in [0.05, 0.1) is 20.2 Å². The Morgan fingerprint density at radius 2 is 2.21 bits per heavy atom. The molecule has 1 aromatic heterocycles. The van der Waals surface area contributed by atoms with Crippen LogP contribution in [-0.2, 0) is 6.54 Å². The predicted molar refractivity (Wildman–Crippen MR) is 75.3 cm³/mol. The first-order valence-electron chi connectivity index (χ1n) is 5.96. The molecule has 0 atom stereocenters. The van der Waals surface area contributed by atoms with Crippen molar-refractivity contribution >= 4 is 11.6 Å². The van der Waals surface area contributed by atoms with Gasteiger partial charge in [-0.15, -0.1) is 0 Å². The Morgan fingerprint density at radius 1 is 1.42 bits per heavy atom. The van der Waals surface area contributed by atoms with Crippen LogP contribution in [-0.4, -0.2) is 29.4 Å². The summed E-state index contributed by atoms with van der Waals surface area (Å²) in [5.74, 6) is 1.19. The molecule has 0 amide bonds. The van der Waals surface area contributed by atoms with Gasteiger partial charge in [-0.1, -0.05) is 0 Å². The predicted octanol–water partition coefficient (Wildman–Crippen LogP) is 1.32. The number of anilines is 1. The lowest BCUT2D eigenvalue weighted by atomic mass is 10.3. The number of guanidine groups is 1. The lowest BCUT2D eigenvalue weighted by Crippen LogP contribution is -2.23. The summed E-state index contributed by atoms with van der Waals surface area (Å²) in [4.78, 5) is 4.23. The molecule has 0 unspecified atom stereocenters. The van der Waals surface area contributed by atoms with Gasteiger partial charge in [0, 0.05) is 18.1 Å². The molecule has 0 bridgehead atoms. The summed E-state index contributed by atoms with van der Waals surface area (Å²) in [5, 5.41) is 7.10. The number of methoxy groups -OCH3 is 1. The molecular weight excluding hydrogens is 242 g/mol. The first-order valence-corrected chi connectivity index (χ1v) is 5.96. The highest BCUT2D eigenvalue weighted by molar-refractivity contribution is 5.92. The molecule has 0 aliphatic heterocycles. The van der Waals surface area contributed by atoms with Crippen molar-refractivity contribution in [2.45, 2.75) is 6.54 Å². The number of benzene rings is 1. The van der Waals surface area contributed by atoms with Crippen LogP contribution < -0.4 is 15.8 Å². The van der Waals surface area contributed by atoms with E-state index in [0.29, 0.717) is 19.0 Å². The van der Waals surface area contributed by atoms with E-state index in [1.54, 1.807) is 13.3 Å². The van der Waals surface area contributed by atoms with Crippen LogP contribution in [0.1, 0.15) is 0 Å². The van der Waals surface area contributed by atoms with Gasteiger partial charge in [0.25, 0.3) is 0 Å². The Bertz CT molecular complexity index is 518. The summed E-state index contributed by atoms with van der Waals surface area (Å²) in [6.07, 6.45) is 3.63. The first kappa shape index (κ1) is 12.9. The third-order valence-electron chi connectivity index (χ3n) is 2.53. The van der Waals surface area contributed by atoms with Crippen molar-refractivity contribution in [1.29, 1.82) is 0 Å². The Labute approximate surface area is 111 Å². The van der Waals surface area contributed by atoms with Gasteiger partial charge in [-0.25, -0.2) is 0 Å². The maximum absolute atomic E-state index is 5.79. The molecule has 3 N–H and O–H groups in total. The molecule has 100 valence electrons. The highest BCUT2D eigenvalue weighted by atomic mass is 16.5. The van der Waals surface area contributed by atoms with Crippen molar-refractivity contribution in [3.8, 4) is 5.75 Å². The number of hydrogen-bond acceptors (Lipinski definition) is 3. The molecule has 1 aromatic carbocycles. The monoisotopic (exact) mass is 259 g/mol. The number of nitrogens with zero attached hydrogens (tertiary/aromatic N) is 3. The smallest absolute Gasteiger partial charge is 0.193 e. The molecule has 0 aliphatic carbocycles. The van der Waals surface area contributed by atoms with Gasteiger partial charge in [-0.2, -0.15) is 5.10 Å². The molecular formula is C13H17N5O. The van der Waals surface area contributed by atoms with Crippen LogP contribution in [0.25, 0.3) is 0 Å². The Balaban J connectivity index is 1.83. The molecule has 0 aliphatic rings. The Morgan fingerprint density at radius 3 is 2.84 bits per heavy atom. The molecule has 19 heavy (non-hydrogen) atoms. The number of aliphatic imine (C=N–C) groups is 1. The molecule has 0 saturated carbocycles. The summed E-state index contributed by atoms with van der Waals surface area (Å²) in [6, 6.07) is 9.37. The van der Waals surface area contributed by atoms with Gasteiger partial charge in [0.2, 0.25) is 0 Å². The van der Waals surface area contributed by atoms with Crippen molar-refractivity contribution in [1.82, 2.24) is 9.78 Å². The van der Waals surface area contributed by atoms with Gasteiger partial charge in [-0.05, 0) is 30.3 Å². The van der Waals surface area contributed by atoms with Crippen LogP contribution in [0.2, 0.25) is 0 Å². The summed E-state index contributed by atoms with van der Waals surface area (Å²) in [5.41, 5.74) is 6.67. The minimum atomic E-state index is 0.386. The van der Waals surface area contributed by atoms with Crippen LogP contribution in [0.5, 0.6) is 5.75 Å². The number of aromatic nitrogens is 2. The van der Waals surface area contributed by atoms with Crippen molar-refractivity contribution in [3.63, 3.8) is 0 Å². The van der Waals surface area contributed by atoms with Gasteiger partial charge >= 0.3 is 0 Å². The van der Waals surface area contributed by atoms with E-state index in [1.807, 2.05) is 41.2 Å². The second-order valence-corrected chi connectivity index (χ2v) is 3.89. The highest BCUT2D eigenvalue weighted by Gasteiger charge is 1.96. The van der Waals surface area contributed by atoms with E-state index in [0.717, 1.165) is 11.4 Å². The van der Waals surface area contributed by atoms with Crippen LogP contribution in [0.15, 0.2) is 47.7 Å². The molecule has 6 nitrogen and oxygen atoms in total. The van der Waals surface area contributed by atoms with Gasteiger partial charge in [0.15, 0.2) is 5.96 Å². The quantitative estimate of drug-likeness (QED) is 0.627. The number of nitrogens with one attached hydrogen (secondary N) is 1. The van der Waals surface area contributed by atoms with Crippen molar-refractivity contribution < 1.29 is 4.74 Å². The molecule has 6 heteroatoms. The second kappa shape index (κ2) is 6.44. The summed E-state index contributed by atoms with van der Waals surface area (Å²) < 4.78 is 6.89. The second-order valence-electron chi connectivity index (χ2n) is 3.89. The van der Waals surface area contributed by atoms with Gasteiger partial charge in [0.1, 0.15) is 5.75 Å². The lowest BCUT2D eigenvalue weighted by molar-refractivity contribution is 0.415. The van der Waals surface area contributed by atoms with Crippen LogP contribution in [0.3, 0.4) is 0 Å². The van der Waals surface area contributed by atoms with Crippen LogP contribution in [0.4, 0.5) is 5.69 Å². The minimum absolute atomic E-state index is 0.386. The van der Waals surface area contributed by atoms with Crippen molar-refractivity contribution in [2.75, 3.05) is 19.0 Å². The Kier molecular flexibility index (Phi) is 4.39. The molecule has 1 heterocycles. The van der Waals surface area contributed by atoms with Gasteiger partial charge in [-0.3, -0.25) is 9.67 Å². The largest absolute Gasteiger partial charge is 0.497 e. The first-order chi connectivity index (χ1) is 9.28. The van der Waals surface area contributed by atoms with Crippen molar-refractivity contribution in [2.24, 2.45) is 10.7 Å². The van der Waals surface area contributed by atoms with Crippen LogP contribution >= 0.6 is 0 Å². The maximum atomic E-state index is 5.79.